The Morgan fingerprint density at radius 2 is 1.94 bits per heavy atom. The van der Waals surface area contributed by atoms with Crippen LogP contribution >= 0.6 is 11.6 Å². The molecule has 0 fully saturated rings. The zero-order chi connectivity index (χ0) is 11.5. The normalized spacial score (nSPS) is 10.4. The SMILES string of the molecule is Cc1nc(Cl)c(Cc2cccnc2)nc1C. The standard InChI is InChI=1S/C12H12ClN3/c1-8-9(2)16-12(13)11(15-8)6-10-4-3-5-14-7-10/h3-5,7H,6H2,1-2H3. The lowest BCUT2D eigenvalue weighted by Gasteiger charge is -2.06. The first kappa shape index (κ1) is 11.0. The highest BCUT2D eigenvalue weighted by Gasteiger charge is 2.07. The minimum atomic E-state index is 0.479. The Kier molecular flexibility index (Phi) is 3.15. The minimum absolute atomic E-state index is 0.479. The summed E-state index contributed by atoms with van der Waals surface area (Å²) in [7, 11) is 0. The van der Waals surface area contributed by atoms with Gasteiger partial charge in [-0.15, -0.1) is 0 Å². The van der Waals surface area contributed by atoms with Gasteiger partial charge in [0.15, 0.2) is 5.15 Å². The van der Waals surface area contributed by atoms with Crippen LogP contribution in [0.2, 0.25) is 5.15 Å². The lowest BCUT2D eigenvalue weighted by molar-refractivity contribution is 0.956. The zero-order valence-electron chi connectivity index (χ0n) is 9.24. The highest BCUT2D eigenvalue weighted by Crippen LogP contribution is 2.16. The zero-order valence-corrected chi connectivity index (χ0v) is 9.99. The lowest BCUT2D eigenvalue weighted by Crippen LogP contribution is -2.01. The maximum Gasteiger partial charge on any atom is 0.151 e. The quantitative estimate of drug-likeness (QED) is 0.801. The lowest BCUT2D eigenvalue weighted by atomic mass is 10.1. The summed E-state index contributed by atoms with van der Waals surface area (Å²) in [4.78, 5) is 12.8. The average Bonchev–Trinajstić information content (AvgIpc) is 2.27. The molecule has 0 amide bonds. The molecular weight excluding hydrogens is 222 g/mol. The molecule has 2 aromatic rings. The number of rotatable bonds is 2. The van der Waals surface area contributed by atoms with Crippen molar-refractivity contribution in [1.29, 1.82) is 0 Å². The first-order chi connectivity index (χ1) is 7.66. The number of halogens is 1. The van der Waals surface area contributed by atoms with Crippen molar-refractivity contribution in [2.75, 3.05) is 0 Å². The van der Waals surface area contributed by atoms with E-state index >= 15 is 0 Å². The van der Waals surface area contributed by atoms with E-state index in [0.717, 1.165) is 22.6 Å². The van der Waals surface area contributed by atoms with Gasteiger partial charge in [0.1, 0.15) is 0 Å². The number of aromatic nitrogens is 3. The van der Waals surface area contributed by atoms with Crippen LogP contribution in [-0.2, 0) is 6.42 Å². The molecular formula is C12H12ClN3. The Morgan fingerprint density at radius 3 is 2.62 bits per heavy atom. The topological polar surface area (TPSA) is 38.7 Å². The van der Waals surface area contributed by atoms with E-state index in [1.165, 1.54) is 0 Å². The van der Waals surface area contributed by atoms with E-state index in [9.17, 15) is 0 Å². The van der Waals surface area contributed by atoms with Crippen LogP contribution in [0.1, 0.15) is 22.6 Å². The van der Waals surface area contributed by atoms with Crippen LogP contribution < -0.4 is 0 Å². The molecule has 3 nitrogen and oxygen atoms in total. The highest BCUT2D eigenvalue weighted by atomic mass is 35.5. The van der Waals surface area contributed by atoms with Crippen LogP contribution in [0.5, 0.6) is 0 Å². The van der Waals surface area contributed by atoms with Crippen molar-refractivity contribution in [3.05, 3.63) is 52.3 Å². The first-order valence-corrected chi connectivity index (χ1v) is 5.43. The van der Waals surface area contributed by atoms with Gasteiger partial charge in [-0.2, -0.15) is 0 Å². The van der Waals surface area contributed by atoms with Gasteiger partial charge in [0.2, 0.25) is 0 Å². The second kappa shape index (κ2) is 4.58. The Balaban J connectivity index is 2.32. The van der Waals surface area contributed by atoms with Crippen LogP contribution in [-0.4, -0.2) is 15.0 Å². The number of hydrogen-bond acceptors (Lipinski definition) is 3. The predicted octanol–water partition coefficient (Wildman–Crippen LogP) is 2.73. The number of pyridine rings is 1. The summed E-state index contributed by atoms with van der Waals surface area (Å²) < 4.78 is 0. The first-order valence-electron chi connectivity index (χ1n) is 5.05. The fourth-order valence-corrected chi connectivity index (χ4v) is 1.67. The molecule has 0 aromatic carbocycles. The molecule has 16 heavy (non-hydrogen) atoms. The average molecular weight is 234 g/mol. The van der Waals surface area contributed by atoms with Gasteiger partial charge in [-0.1, -0.05) is 17.7 Å². The van der Waals surface area contributed by atoms with Gasteiger partial charge >= 0.3 is 0 Å². The Bertz CT molecular complexity index is 497. The Hall–Kier alpha value is -1.48. The van der Waals surface area contributed by atoms with Crippen LogP contribution in [0, 0.1) is 13.8 Å². The molecule has 0 aliphatic rings. The van der Waals surface area contributed by atoms with Crippen LogP contribution in [0.25, 0.3) is 0 Å². The Morgan fingerprint density at radius 1 is 1.19 bits per heavy atom. The van der Waals surface area contributed by atoms with E-state index < -0.39 is 0 Å². The maximum absolute atomic E-state index is 6.06. The fraction of sp³-hybridized carbons (Fsp3) is 0.250. The maximum atomic E-state index is 6.06. The van der Waals surface area contributed by atoms with Crippen molar-refractivity contribution in [2.24, 2.45) is 0 Å². The van der Waals surface area contributed by atoms with Gasteiger partial charge in [0.05, 0.1) is 17.1 Å². The molecule has 0 aliphatic carbocycles. The fourth-order valence-electron chi connectivity index (χ4n) is 1.43. The summed E-state index contributed by atoms with van der Waals surface area (Å²) in [5, 5.41) is 0.479. The summed E-state index contributed by atoms with van der Waals surface area (Å²) in [5.74, 6) is 0. The van der Waals surface area contributed by atoms with Gasteiger partial charge in [-0.3, -0.25) is 9.97 Å². The predicted molar refractivity (Wildman–Crippen MR) is 63.6 cm³/mol. The van der Waals surface area contributed by atoms with Crippen LogP contribution in [0.4, 0.5) is 0 Å². The van der Waals surface area contributed by atoms with Crippen molar-refractivity contribution >= 4 is 11.6 Å². The van der Waals surface area contributed by atoms with E-state index in [1.807, 2.05) is 32.2 Å². The summed E-state index contributed by atoms with van der Waals surface area (Å²) in [6.45, 7) is 3.84. The molecule has 0 bridgehead atoms. The van der Waals surface area contributed by atoms with Gasteiger partial charge in [-0.25, -0.2) is 4.98 Å². The van der Waals surface area contributed by atoms with E-state index in [2.05, 4.69) is 15.0 Å². The summed E-state index contributed by atoms with van der Waals surface area (Å²) in [6, 6.07) is 3.90. The molecule has 82 valence electrons. The molecule has 0 saturated carbocycles. The van der Waals surface area contributed by atoms with Crippen molar-refractivity contribution in [2.45, 2.75) is 20.3 Å². The van der Waals surface area contributed by atoms with E-state index in [4.69, 9.17) is 11.6 Å². The smallest absolute Gasteiger partial charge is 0.151 e. The highest BCUT2D eigenvalue weighted by molar-refractivity contribution is 6.30. The van der Waals surface area contributed by atoms with E-state index in [1.54, 1.807) is 6.20 Å². The molecule has 0 atom stereocenters. The van der Waals surface area contributed by atoms with Crippen molar-refractivity contribution in [3.8, 4) is 0 Å². The van der Waals surface area contributed by atoms with Crippen LogP contribution in [0.15, 0.2) is 24.5 Å². The van der Waals surface area contributed by atoms with Crippen molar-refractivity contribution in [3.63, 3.8) is 0 Å². The van der Waals surface area contributed by atoms with Gasteiger partial charge in [-0.05, 0) is 25.5 Å². The molecule has 0 saturated heterocycles. The van der Waals surface area contributed by atoms with Crippen molar-refractivity contribution < 1.29 is 0 Å². The molecule has 2 rings (SSSR count). The summed E-state index contributed by atoms with van der Waals surface area (Å²) in [6.07, 6.45) is 4.23. The largest absolute Gasteiger partial charge is 0.264 e. The molecule has 4 heteroatoms. The second-order valence-electron chi connectivity index (χ2n) is 3.67. The van der Waals surface area contributed by atoms with Gasteiger partial charge in [0, 0.05) is 18.8 Å². The number of nitrogens with zero attached hydrogens (tertiary/aromatic N) is 3. The third kappa shape index (κ3) is 2.36. The molecule has 0 N–H and O–H groups in total. The van der Waals surface area contributed by atoms with Gasteiger partial charge < -0.3 is 0 Å². The minimum Gasteiger partial charge on any atom is -0.264 e. The van der Waals surface area contributed by atoms with Crippen LogP contribution in [0.3, 0.4) is 0 Å². The monoisotopic (exact) mass is 233 g/mol. The molecule has 0 unspecified atom stereocenters. The van der Waals surface area contributed by atoms with Crippen molar-refractivity contribution in [1.82, 2.24) is 15.0 Å². The third-order valence-corrected chi connectivity index (χ3v) is 2.73. The number of aryl methyl sites for hydroxylation is 2. The van der Waals surface area contributed by atoms with E-state index in [-0.39, 0.29) is 0 Å². The summed E-state index contributed by atoms with van der Waals surface area (Å²) >= 11 is 6.06. The molecule has 2 aromatic heterocycles. The Labute approximate surface area is 99.5 Å². The second-order valence-corrected chi connectivity index (χ2v) is 4.03. The molecule has 0 aliphatic heterocycles. The van der Waals surface area contributed by atoms with E-state index in [0.29, 0.717) is 11.6 Å². The molecule has 0 spiro atoms. The summed E-state index contributed by atoms with van der Waals surface area (Å²) in [5.41, 5.74) is 3.68. The number of hydrogen-bond donors (Lipinski definition) is 0. The van der Waals surface area contributed by atoms with Gasteiger partial charge in [0.25, 0.3) is 0 Å². The molecule has 2 heterocycles. The molecule has 0 radical (unpaired) electrons. The third-order valence-electron chi connectivity index (χ3n) is 2.42.